The number of furan rings is 1. The first-order valence-corrected chi connectivity index (χ1v) is 9.36. The summed E-state index contributed by atoms with van der Waals surface area (Å²) >= 11 is 0. The van der Waals surface area contributed by atoms with Crippen molar-refractivity contribution in [3.8, 4) is 17.4 Å². The van der Waals surface area contributed by atoms with Gasteiger partial charge in [-0.3, -0.25) is 14.9 Å². The maximum absolute atomic E-state index is 12.3. The summed E-state index contributed by atoms with van der Waals surface area (Å²) in [5, 5.41) is 23.2. The van der Waals surface area contributed by atoms with Gasteiger partial charge >= 0.3 is 0 Å². The van der Waals surface area contributed by atoms with Gasteiger partial charge < -0.3 is 9.73 Å². The summed E-state index contributed by atoms with van der Waals surface area (Å²) in [5.41, 5.74) is 1.32. The summed E-state index contributed by atoms with van der Waals surface area (Å²) in [6.07, 6.45) is 2.89. The minimum Gasteiger partial charge on any atom is -0.456 e. The lowest BCUT2D eigenvalue weighted by Gasteiger charge is -2.04. The molecule has 0 fully saturated rings. The first-order chi connectivity index (χ1) is 14.6. The van der Waals surface area contributed by atoms with Gasteiger partial charge in [0, 0.05) is 18.7 Å². The highest BCUT2D eigenvalue weighted by atomic mass is 16.6. The van der Waals surface area contributed by atoms with Crippen LogP contribution in [0.3, 0.4) is 0 Å². The van der Waals surface area contributed by atoms with E-state index in [1.165, 1.54) is 17.7 Å². The van der Waals surface area contributed by atoms with E-state index in [9.17, 15) is 20.2 Å². The molecule has 0 unspecified atom stereocenters. The van der Waals surface area contributed by atoms with Crippen molar-refractivity contribution in [2.75, 3.05) is 6.54 Å². The average Bonchev–Trinajstić information content (AvgIpc) is 3.24. The molecular formula is C23H19N3O4. The fourth-order valence-electron chi connectivity index (χ4n) is 2.94. The van der Waals surface area contributed by atoms with Gasteiger partial charge in [-0.25, -0.2) is 0 Å². The van der Waals surface area contributed by atoms with Crippen LogP contribution in [0.1, 0.15) is 17.7 Å². The zero-order valence-electron chi connectivity index (χ0n) is 16.1. The fraction of sp³-hybridized carbons (Fsp3) is 0.130. The number of benzene rings is 2. The van der Waals surface area contributed by atoms with Crippen LogP contribution < -0.4 is 5.32 Å². The molecule has 1 N–H and O–H groups in total. The van der Waals surface area contributed by atoms with E-state index in [4.69, 9.17) is 4.42 Å². The topological polar surface area (TPSA) is 109 Å². The molecule has 2 aromatic carbocycles. The minimum atomic E-state index is -0.491. The molecule has 7 heteroatoms. The fourth-order valence-corrected chi connectivity index (χ4v) is 2.94. The summed E-state index contributed by atoms with van der Waals surface area (Å²) in [5.74, 6) is 0.0578. The molecule has 7 nitrogen and oxygen atoms in total. The molecular weight excluding hydrogens is 382 g/mol. The second kappa shape index (κ2) is 9.85. The third kappa shape index (κ3) is 5.20. The summed E-state index contributed by atoms with van der Waals surface area (Å²) in [6.45, 7) is 0.437. The summed E-state index contributed by atoms with van der Waals surface area (Å²) in [7, 11) is 0. The maximum atomic E-state index is 12.3. The molecule has 0 atom stereocenters. The van der Waals surface area contributed by atoms with Crippen molar-refractivity contribution in [2.45, 2.75) is 12.8 Å². The smallest absolute Gasteiger partial charge is 0.280 e. The van der Waals surface area contributed by atoms with Gasteiger partial charge in [0.1, 0.15) is 23.2 Å². The number of para-hydroxylation sites is 1. The van der Waals surface area contributed by atoms with Crippen molar-refractivity contribution in [3.05, 3.63) is 93.7 Å². The van der Waals surface area contributed by atoms with Crippen LogP contribution >= 0.6 is 0 Å². The molecule has 3 rings (SSSR count). The second-order valence-corrected chi connectivity index (χ2v) is 6.49. The second-order valence-electron chi connectivity index (χ2n) is 6.49. The number of aryl methyl sites for hydroxylation is 1. The van der Waals surface area contributed by atoms with Crippen LogP contribution in [0.15, 0.2) is 76.7 Å². The van der Waals surface area contributed by atoms with Gasteiger partial charge in [-0.15, -0.1) is 0 Å². The Hall–Kier alpha value is -4.18. The Morgan fingerprint density at radius 2 is 1.83 bits per heavy atom. The number of carbonyl (C=O) groups excluding carboxylic acids is 1. The van der Waals surface area contributed by atoms with E-state index in [-0.39, 0.29) is 22.8 Å². The highest BCUT2D eigenvalue weighted by Crippen LogP contribution is 2.31. The van der Waals surface area contributed by atoms with E-state index in [0.29, 0.717) is 12.1 Å². The van der Waals surface area contributed by atoms with Crippen LogP contribution in [0.5, 0.6) is 0 Å². The number of nitro benzene ring substituents is 1. The summed E-state index contributed by atoms with van der Waals surface area (Å²) in [4.78, 5) is 23.0. The first kappa shape index (κ1) is 20.6. The molecule has 0 bridgehead atoms. The Morgan fingerprint density at radius 3 is 2.57 bits per heavy atom. The summed E-state index contributed by atoms with van der Waals surface area (Å²) < 4.78 is 5.61. The van der Waals surface area contributed by atoms with Gasteiger partial charge in [0.2, 0.25) is 0 Å². The number of rotatable bonds is 8. The van der Waals surface area contributed by atoms with Gasteiger partial charge in [0.25, 0.3) is 11.6 Å². The first-order valence-electron chi connectivity index (χ1n) is 9.36. The van der Waals surface area contributed by atoms with Crippen molar-refractivity contribution < 1.29 is 14.1 Å². The largest absolute Gasteiger partial charge is 0.456 e. The molecule has 0 aliphatic heterocycles. The van der Waals surface area contributed by atoms with Crippen molar-refractivity contribution in [3.63, 3.8) is 0 Å². The van der Waals surface area contributed by atoms with Crippen molar-refractivity contribution in [1.82, 2.24) is 5.32 Å². The molecule has 0 aliphatic carbocycles. The number of nitriles is 1. The molecule has 150 valence electrons. The third-order valence-corrected chi connectivity index (χ3v) is 4.42. The van der Waals surface area contributed by atoms with E-state index in [1.807, 2.05) is 36.4 Å². The number of amides is 1. The van der Waals surface area contributed by atoms with E-state index in [0.717, 1.165) is 12.8 Å². The molecule has 0 radical (unpaired) electrons. The number of hydrogen-bond donors (Lipinski definition) is 1. The third-order valence-electron chi connectivity index (χ3n) is 4.42. The molecule has 30 heavy (non-hydrogen) atoms. The molecule has 1 amide bonds. The molecule has 1 heterocycles. The minimum absolute atomic E-state index is 0.0842. The van der Waals surface area contributed by atoms with Gasteiger partial charge in [-0.05, 0) is 36.6 Å². The predicted octanol–water partition coefficient (Wildman–Crippen LogP) is 4.51. The monoisotopic (exact) mass is 401 g/mol. The number of nitrogens with one attached hydrogen (secondary N) is 1. The van der Waals surface area contributed by atoms with Crippen molar-refractivity contribution >= 4 is 17.7 Å². The lowest BCUT2D eigenvalue weighted by atomic mass is 10.1. The van der Waals surface area contributed by atoms with Gasteiger partial charge in [-0.2, -0.15) is 5.26 Å². The van der Waals surface area contributed by atoms with Crippen LogP contribution in [-0.2, 0) is 11.2 Å². The Morgan fingerprint density at radius 1 is 1.10 bits per heavy atom. The van der Waals surface area contributed by atoms with E-state index < -0.39 is 10.8 Å². The number of nitrogens with zero attached hydrogens (tertiary/aromatic N) is 2. The highest BCUT2D eigenvalue weighted by molar-refractivity contribution is 6.01. The maximum Gasteiger partial charge on any atom is 0.280 e. The van der Waals surface area contributed by atoms with Crippen LogP contribution in [0.2, 0.25) is 0 Å². The van der Waals surface area contributed by atoms with Crippen molar-refractivity contribution in [1.29, 1.82) is 5.26 Å². The zero-order valence-corrected chi connectivity index (χ0v) is 16.1. The zero-order chi connectivity index (χ0) is 21.3. The van der Waals surface area contributed by atoms with Gasteiger partial charge in [0.05, 0.1) is 10.5 Å². The van der Waals surface area contributed by atoms with Crippen LogP contribution in [0.4, 0.5) is 5.69 Å². The van der Waals surface area contributed by atoms with Gasteiger partial charge in [0.15, 0.2) is 0 Å². The summed E-state index contributed by atoms with van der Waals surface area (Å²) in [6, 6.07) is 21.1. The Kier molecular flexibility index (Phi) is 6.74. The van der Waals surface area contributed by atoms with Gasteiger partial charge in [-0.1, -0.05) is 42.5 Å². The molecule has 0 spiro atoms. The average molecular weight is 401 g/mol. The molecule has 0 aliphatic rings. The lowest BCUT2D eigenvalue weighted by Crippen LogP contribution is -2.25. The van der Waals surface area contributed by atoms with Crippen molar-refractivity contribution in [2.24, 2.45) is 0 Å². The lowest BCUT2D eigenvalue weighted by molar-refractivity contribution is -0.384. The number of nitro groups is 1. The van der Waals surface area contributed by atoms with Crippen LogP contribution in [-0.4, -0.2) is 17.4 Å². The Labute approximate surface area is 173 Å². The van der Waals surface area contributed by atoms with E-state index in [2.05, 4.69) is 5.32 Å². The molecule has 0 saturated carbocycles. The molecule has 0 saturated heterocycles. The highest BCUT2D eigenvalue weighted by Gasteiger charge is 2.17. The number of carbonyl (C=O) groups is 1. The Bertz CT molecular complexity index is 1110. The standard InChI is InChI=1S/C23H19N3O4/c24-16-18(23(27)25-14-6-9-17-7-2-1-3-8-17)15-19-12-13-22(30-19)20-10-4-5-11-21(20)26(28)29/h1-5,7-8,10-13,15H,6,9,14H2,(H,25,27)/b18-15+. The van der Waals surface area contributed by atoms with Crippen LogP contribution in [0.25, 0.3) is 17.4 Å². The predicted molar refractivity (Wildman–Crippen MR) is 112 cm³/mol. The SMILES string of the molecule is N#C/C(=C\c1ccc(-c2ccccc2[N+](=O)[O-])o1)C(=O)NCCCc1ccccc1. The number of hydrogen-bond acceptors (Lipinski definition) is 5. The van der Waals surface area contributed by atoms with E-state index in [1.54, 1.807) is 30.3 Å². The Balaban J connectivity index is 1.64. The normalized spacial score (nSPS) is 11.0. The quantitative estimate of drug-likeness (QED) is 0.196. The van der Waals surface area contributed by atoms with E-state index >= 15 is 0 Å². The molecule has 3 aromatic rings. The molecule has 1 aromatic heterocycles. The van der Waals surface area contributed by atoms with Crippen LogP contribution in [0, 0.1) is 21.4 Å².